The maximum atomic E-state index is 14.5. The van der Waals surface area contributed by atoms with Gasteiger partial charge in [0.1, 0.15) is 23.9 Å². The molecule has 0 amide bonds. The van der Waals surface area contributed by atoms with Crippen LogP contribution in [0.5, 0.6) is 17.2 Å². The molecule has 32 heavy (non-hydrogen) atoms. The second-order valence-corrected chi connectivity index (χ2v) is 8.55. The molecule has 3 aliphatic rings. The first-order valence-electron chi connectivity index (χ1n) is 10.6. The van der Waals surface area contributed by atoms with Gasteiger partial charge in [-0.25, -0.2) is 13.6 Å². The number of benzene rings is 2. The molecule has 0 atom stereocenters. The summed E-state index contributed by atoms with van der Waals surface area (Å²) in [4.78, 5) is 10.6. The molecule has 1 N–H and O–H groups in total. The smallest absolute Gasteiger partial charge is 0.329 e. The molecule has 1 saturated carbocycles. The summed E-state index contributed by atoms with van der Waals surface area (Å²) in [6, 6.07) is 8.64. The second-order valence-electron chi connectivity index (χ2n) is 8.55. The highest BCUT2D eigenvalue weighted by Gasteiger charge is 2.50. The Bertz CT molecular complexity index is 968. The Morgan fingerprint density at radius 3 is 2.53 bits per heavy atom. The van der Waals surface area contributed by atoms with E-state index in [4.69, 9.17) is 24.1 Å². The summed E-state index contributed by atoms with van der Waals surface area (Å²) in [5.41, 5.74) is 0.110. The lowest BCUT2D eigenvalue weighted by molar-refractivity contribution is -0.194. The second kappa shape index (κ2) is 9.03. The lowest BCUT2D eigenvalue weighted by Crippen LogP contribution is -2.49. The highest BCUT2D eigenvalue weighted by Crippen LogP contribution is 2.55. The van der Waals surface area contributed by atoms with Crippen molar-refractivity contribution in [2.75, 3.05) is 26.9 Å². The van der Waals surface area contributed by atoms with Gasteiger partial charge in [-0.05, 0) is 67.3 Å². The van der Waals surface area contributed by atoms with Crippen LogP contribution in [0, 0.1) is 17.0 Å². The molecule has 2 aromatic rings. The molecule has 3 fully saturated rings. The maximum absolute atomic E-state index is 14.5. The summed E-state index contributed by atoms with van der Waals surface area (Å²) in [6.45, 7) is 0.597. The number of carboxylic acids is 1. The predicted octanol–water partition coefficient (Wildman–Crippen LogP) is 5.04. The zero-order valence-corrected chi connectivity index (χ0v) is 17.9. The highest BCUT2D eigenvalue weighted by molar-refractivity contribution is 5.67. The largest absolute Gasteiger partial charge is 0.494 e. The van der Waals surface area contributed by atoms with Crippen molar-refractivity contribution in [2.45, 2.75) is 37.7 Å². The summed E-state index contributed by atoms with van der Waals surface area (Å²) in [7, 11) is 1.36. The van der Waals surface area contributed by atoms with Crippen molar-refractivity contribution in [1.29, 1.82) is 0 Å². The van der Waals surface area contributed by atoms with Gasteiger partial charge in [0.25, 0.3) is 0 Å². The van der Waals surface area contributed by atoms with Crippen LogP contribution in [0.25, 0.3) is 0 Å². The molecule has 0 radical (unpaired) electrons. The van der Waals surface area contributed by atoms with Gasteiger partial charge in [0.2, 0.25) is 0 Å². The number of hydrogen-bond donors (Lipinski definition) is 1. The molecule has 6 nitrogen and oxygen atoms in total. The summed E-state index contributed by atoms with van der Waals surface area (Å²) < 4.78 is 50.4. The third-order valence-electron chi connectivity index (χ3n) is 6.53. The van der Waals surface area contributed by atoms with E-state index in [1.54, 1.807) is 6.07 Å². The van der Waals surface area contributed by atoms with E-state index in [0.29, 0.717) is 24.7 Å². The number of carboxylic acid groups (broad SMARTS) is 1. The lowest BCUT2D eigenvalue weighted by atomic mass is 9.63. The summed E-state index contributed by atoms with van der Waals surface area (Å²) in [6.07, 6.45) is 4.00. The topological polar surface area (TPSA) is 74.2 Å². The van der Waals surface area contributed by atoms with Crippen LogP contribution in [-0.4, -0.2) is 38.0 Å². The minimum absolute atomic E-state index is 0.0302. The summed E-state index contributed by atoms with van der Waals surface area (Å²) in [5, 5.41) is 8.70. The van der Waals surface area contributed by atoms with Crippen LogP contribution >= 0.6 is 0 Å². The van der Waals surface area contributed by atoms with Crippen LogP contribution in [0.2, 0.25) is 0 Å². The number of halogens is 2. The fourth-order valence-corrected chi connectivity index (χ4v) is 4.63. The van der Waals surface area contributed by atoms with Crippen LogP contribution in [0.4, 0.5) is 8.78 Å². The molecule has 2 saturated heterocycles. The first-order valence-corrected chi connectivity index (χ1v) is 10.6. The van der Waals surface area contributed by atoms with Crippen molar-refractivity contribution < 1.29 is 37.6 Å². The minimum atomic E-state index is -0.978. The summed E-state index contributed by atoms with van der Waals surface area (Å²) >= 11 is 0. The van der Waals surface area contributed by atoms with Gasteiger partial charge in [-0.3, -0.25) is 0 Å². The van der Waals surface area contributed by atoms with Crippen molar-refractivity contribution in [2.24, 2.45) is 5.41 Å². The van der Waals surface area contributed by atoms with Crippen molar-refractivity contribution in [3.05, 3.63) is 53.6 Å². The predicted molar refractivity (Wildman–Crippen MR) is 111 cm³/mol. The molecule has 8 heteroatoms. The zero-order valence-electron chi connectivity index (χ0n) is 17.9. The molecular weight excluding hydrogens is 422 g/mol. The Labute approximate surface area is 185 Å². The fourth-order valence-electron chi connectivity index (χ4n) is 4.63. The Kier molecular flexibility index (Phi) is 6.35. The van der Waals surface area contributed by atoms with E-state index < -0.39 is 23.2 Å². The SMILES string of the molecule is COc1cc(Oc2cc(F)cc(C34CCC(CCOCC(=O)O)(CC3)CO4)c2)ccc1F. The van der Waals surface area contributed by atoms with Crippen LogP contribution in [0.1, 0.15) is 37.7 Å². The Morgan fingerprint density at radius 1 is 1.09 bits per heavy atom. The molecule has 0 spiro atoms. The summed E-state index contributed by atoms with van der Waals surface area (Å²) in [5.74, 6) is -1.23. The van der Waals surface area contributed by atoms with Crippen LogP contribution in [0.15, 0.2) is 36.4 Å². The Morgan fingerprint density at radius 2 is 1.88 bits per heavy atom. The van der Waals surface area contributed by atoms with Crippen molar-refractivity contribution in [1.82, 2.24) is 0 Å². The lowest BCUT2D eigenvalue weighted by Gasteiger charge is -2.53. The molecule has 172 valence electrons. The molecule has 2 aromatic carbocycles. The molecular formula is C24H26F2O6. The van der Waals surface area contributed by atoms with Gasteiger partial charge in [-0.1, -0.05) is 0 Å². The Hall–Kier alpha value is -2.71. The normalized spacial score (nSPS) is 24.3. The van der Waals surface area contributed by atoms with Gasteiger partial charge in [-0.2, -0.15) is 0 Å². The van der Waals surface area contributed by atoms with Gasteiger partial charge in [0, 0.05) is 18.7 Å². The van der Waals surface area contributed by atoms with Crippen molar-refractivity contribution in [3.8, 4) is 17.2 Å². The van der Waals surface area contributed by atoms with Crippen LogP contribution in [-0.2, 0) is 19.9 Å². The molecule has 0 aromatic heterocycles. The number of aliphatic carboxylic acids is 1. The fraction of sp³-hybridized carbons (Fsp3) is 0.458. The van der Waals surface area contributed by atoms with E-state index in [1.165, 1.54) is 37.4 Å². The molecule has 5 rings (SSSR count). The number of fused-ring (bicyclic) bond motifs is 3. The quantitative estimate of drug-likeness (QED) is 0.542. The van der Waals surface area contributed by atoms with E-state index in [9.17, 15) is 13.6 Å². The molecule has 0 unspecified atom stereocenters. The molecule has 2 heterocycles. The van der Waals surface area contributed by atoms with Gasteiger partial charge in [-0.15, -0.1) is 0 Å². The third kappa shape index (κ3) is 4.71. The van der Waals surface area contributed by atoms with Gasteiger partial charge in [0.05, 0.1) is 19.3 Å². The van der Waals surface area contributed by atoms with Crippen LogP contribution in [0.3, 0.4) is 0 Å². The van der Waals surface area contributed by atoms with Crippen molar-refractivity contribution in [3.63, 3.8) is 0 Å². The van der Waals surface area contributed by atoms with Crippen LogP contribution < -0.4 is 9.47 Å². The molecule has 2 bridgehead atoms. The number of methoxy groups -OCH3 is 1. The maximum Gasteiger partial charge on any atom is 0.329 e. The highest BCUT2D eigenvalue weighted by atomic mass is 19.1. The number of carbonyl (C=O) groups is 1. The number of rotatable bonds is 9. The zero-order chi connectivity index (χ0) is 22.8. The number of hydrogen-bond acceptors (Lipinski definition) is 5. The van der Waals surface area contributed by atoms with E-state index >= 15 is 0 Å². The average Bonchev–Trinajstić information content (AvgIpc) is 2.79. The van der Waals surface area contributed by atoms with Gasteiger partial charge in [0.15, 0.2) is 11.6 Å². The van der Waals surface area contributed by atoms with Crippen molar-refractivity contribution >= 4 is 5.97 Å². The van der Waals surface area contributed by atoms with Gasteiger partial charge < -0.3 is 24.1 Å². The van der Waals surface area contributed by atoms with Gasteiger partial charge >= 0.3 is 5.97 Å². The first-order chi connectivity index (χ1) is 15.3. The molecule has 2 aliphatic heterocycles. The minimum Gasteiger partial charge on any atom is -0.494 e. The van der Waals surface area contributed by atoms with E-state index in [1.807, 2.05) is 0 Å². The first kappa shape index (κ1) is 22.5. The number of ether oxygens (including phenoxy) is 4. The third-order valence-corrected chi connectivity index (χ3v) is 6.53. The van der Waals surface area contributed by atoms with E-state index in [0.717, 1.165) is 37.7 Å². The van der Waals surface area contributed by atoms with E-state index in [2.05, 4.69) is 0 Å². The standard InChI is InChI=1S/C24H26F2O6/c1-29-21-13-18(2-3-20(21)26)32-19-11-16(10-17(25)12-19)24-6-4-23(5-7-24,15-31-24)8-9-30-14-22(27)28/h2-3,10-13H,4-9,14-15H2,1H3,(H,27,28). The van der Waals surface area contributed by atoms with E-state index in [-0.39, 0.29) is 17.8 Å². The Balaban J connectivity index is 1.46. The molecule has 1 aliphatic carbocycles. The monoisotopic (exact) mass is 448 g/mol. The average molecular weight is 448 g/mol.